The number of nitrogens with two attached hydrogens (primary N) is 4. The predicted molar refractivity (Wildman–Crippen MR) is 352 cm³/mol. The van der Waals surface area contributed by atoms with E-state index in [1.54, 1.807) is 6.92 Å². The van der Waals surface area contributed by atoms with E-state index in [2.05, 4.69) is 63.8 Å². The Bertz CT molecular complexity index is 3220. The average Bonchev–Trinajstić information content (AvgIpc) is 0.857. The Kier molecular flexibility index (Phi) is 37.4. The number of nitrogens with one attached hydrogen (secondary N) is 12. The quantitative estimate of drug-likeness (QED) is 0.0274. The molecule has 15 amide bonds. The molecule has 14 atom stereocenters. The van der Waals surface area contributed by atoms with Crippen molar-refractivity contribution in [2.45, 2.75) is 184 Å². The lowest BCUT2D eigenvalue weighted by molar-refractivity contribution is -0.138. The maximum absolute atomic E-state index is 14.5. The van der Waals surface area contributed by atoms with Crippen molar-refractivity contribution in [1.29, 1.82) is 0 Å². The molecule has 0 aliphatic rings. The molecule has 39 nitrogen and oxygen atoms in total. The van der Waals surface area contributed by atoms with Crippen molar-refractivity contribution in [2.75, 3.05) is 26.4 Å². The van der Waals surface area contributed by atoms with E-state index in [0.29, 0.717) is 6.42 Å². The fourth-order valence-electron chi connectivity index (χ4n) is 9.46. The van der Waals surface area contributed by atoms with Gasteiger partial charge in [-0.15, -0.1) is 0 Å². The second-order valence-corrected chi connectivity index (χ2v) is 23.7. The van der Waals surface area contributed by atoms with Gasteiger partial charge in [-0.2, -0.15) is 0 Å². The van der Waals surface area contributed by atoms with Gasteiger partial charge in [-0.1, -0.05) is 44.5 Å². The number of carbonyl (C=O) groups is 16. The second-order valence-electron chi connectivity index (χ2n) is 23.7. The van der Waals surface area contributed by atoms with Gasteiger partial charge in [-0.25, -0.2) is 0 Å². The number of hydrogen-bond acceptors (Lipinski definition) is 23. The molecule has 101 heavy (non-hydrogen) atoms. The molecule has 27 N–H and O–H groups in total. The molecule has 0 aliphatic heterocycles. The number of aliphatic hydroxyl groups is 4. The number of carboxylic acids is 1. The van der Waals surface area contributed by atoms with Crippen molar-refractivity contribution in [3.05, 3.63) is 59.7 Å². The van der Waals surface area contributed by atoms with E-state index in [4.69, 9.17) is 28.0 Å². The maximum Gasteiger partial charge on any atom is 0.303 e. The summed E-state index contributed by atoms with van der Waals surface area (Å²) < 4.78 is 0. The molecule has 0 unspecified atom stereocenters. The number of aliphatic hydroxyl groups excluding tert-OH is 4. The summed E-state index contributed by atoms with van der Waals surface area (Å²) in [5.74, 6) is -19.2. The minimum Gasteiger partial charge on any atom is -0.508 e. The third-order valence-electron chi connectivity index (χ3n) is 15.4. The highest BCUT2D eigenvalue weighted by Crippen LogP contribution is 2.16. The number of rotatable bonds is 46. The summed E-state index contributed by atoms with van der Waals surface area (Å²) >= 11 is 0. The molecule has 39 heteroatoms. The number of benzene rings is 2. The summed E-state index contributed by atoms with van der Waals surface area (Å²) in [6.45, 7) is 3.20. The SMILES string of the molecule is CC[C@H](C)[C@H](NC(=O)[C@H](CCCCN)NC(=O)[C@H](CC(N)=O)NC(=O)[C@H](C)NC(C)=O)C(=O)N[C@@H](CO)C(=O)N[C@@H](Cc1ccc(O)cc1)C(=O)N[C@@H](CCC(N)=O)C(=O)N[C@@H](CO)C(=O)N[C@@H](Cc1ccc(O)cc1)C(=O)N[C@@H](CO)C(=O)N[C@H](C(=O)N[C@@H](CCC(=O)O)C(N)=O)[C@@H](C)O. The second kappa shape index (κ2) is 43.7. The molecule has 0 saturated heterocycles. The van der Waals surface area contributed by atoms with Crippen LogP contribution < -0.4 is 86.7 Å². The first-order chi connectivity index (χ1) is 47.5. The summed E-state index contributed by atoms with van der Waals surface area (Å²) in [6.07, 6.45) is -5.14. The van der Waals surface area contributed by atoms with E-state index < -0.39 is 244 Å². The molecule has 0 aromatic heterocycles. The number of carbonyl (C=O) groups excluding carboxylic acids is 15. The van der Waals surface area contributed by atoms with E-state index in [9.17, 15) is 107 Å². The van der Waals surface area contributed by atoms with Crippen molar-refractivity contribution in [3.8, 4) is 11.5 Å². The maximum atomic E-state index is 14.5. The molecule has 0 aliphatic carbocycles. The van der Waals surface area contributed by atoms with Crippen molar-refractivity contribution in [1.82, 2.24) is 63.8 Å². The van der Waals surface area contributed by atoms with E-state index in [1.165, 1.54) is 62.4 Å². The van der Waals surface area contributed by atoms with E-state index in [1.807, 2.05) is 0 Å². The van der Waals surface area contributed by atoms with Gasteiger partial charge in [0.15, 0.2) is 0 Å². The smallest absolute Gasteiger partial charge is 0.303 e. The molecule has 2 rings (SSSR count). The number of carboxylic acid groups (broad SMARTS) is 1. The Morgan fingerprint density at radius 2 is 0.772 bits per heavy atom. The first kappa shape index (κ1) is 86.4. The summed E-state index contributed by atoms with van der Waals surface area (Å²) in [6, 6.07) is -10.6. The Balaban J connectivity index is 2.52. The van der Waals surface area contributed by atoms with Crippen LogP contribution in [0.2, 0.25) is 0 Å². The minimum absolute atomic E-state index is 0.104. The van der Waals surface area contributed by atoms with Crippen LogP contribution in [-0.4, -0.2) is 235 Å². The fourth-order valence-corrected chi connectivity index (χ4v) is 9.46. The van der Waals surface area contributed by atoms with Gasteiger partial charge in [-0.3, -0.25) is 76.7 Å². The average molecular weight is 1430 g/mol. The zero-order chi connectivity index (χ0) is 76.4. The van der Waals surface area contributed by atoms with Gasteiger partial charge >= 0.3 is 5.97 Å². The molecule has 0 fully saturated rings. The normalized spacial score (nSPS) is 15.1. The summed E-state index contributed by atoms with van der Waals surface area (Å²) in [7, 11) is 0. The molecule has 0 heterocycles. The van der Waals surface area contributed by atoms with Crippen LogP contribution in [-0.2, 0) is 89.6 Å². The first-order valence-corrected chi connectivity index (χ1v) is 31.9. The molecule has 2 aromatic rings. The lowest BCUT2D eigenvalue weighted by Crippen LogP contribution is -2.62. The first-order valence-electron chi connectivity index (χ1n) is 31.9. The number of hydrogen-bond donors (Lipinski definition) is 23. The molecule has 0 saturated carbocycles. The number of unbranched alkanes of at least 4 members (excludes halogenated alkanes) is 1. The lowest BCUT2D eigenvalue weighted by atomic mass is 9.97. The Labute approximate surface area is 579 Å². The van der Waals surface area contributed by atoms with Crippen molar-refractivity contribution >= 4 is 94.6 Å². The highest BCUT2D eigenvalue weighted by Gasteiger charge is 2.38. The fraction of sp³-hybridized carbons (Fsp3) is 0.548. The minimum atomic E-state index is -2.04. The van der Waals surface area contributed by atoms with Crippen LogP contribution in [0.1, 0.15) is 104 Å². The van der Waals surface area contributed by atoms with Gasteiger partial charge < -0.3 is 122 Å². The van der Waals surface area contributed by atoms with E-state index >= 15 is 0 Å². The largest absolute Gasteiger partial charge is 0.508 e. The molecule has 560 valence electrons. The summed E-state index contributed by atoms with van der Waals surface area (Å²) in [5.41, 5.74) is 22.2. The van der Waals surface area contributed by atoms with Crippen LogP contribution in [0.25, 0.3) is 0 Å². The molecule has 0 bridgehead atoms. The van der Waals surface area contributed by atoms with Gasteiger partial charge in [0.2, 0.25) is 88.6 Å². The summed E-state index contributed by atoms with van der Waals surface area (Å²) in [5, 5.41) is 98.4. The van der Waals surface area contributed by atoms with E-state index in [-0.39, 0.29) is 48.4 Å². The number of primary amides is 3. The van der Waals surface area contributed by atoms with Gasteiger partial charge in [0.25, 0.3) is 0 Å². The molecule has 2 aromatic carbocycles. The van der Waals surface area contributed by atoms with Gasteiger partial charge in [0.05, 0.1) is 32.3 Å². The van der Waals surface area contributed by atoms with Crippen molar-refractivity contribution < 1.29 is 112 Å². The van der Waals surface area contributed by atoms with Crippen LogP contribution in [0.15, 0.2) is 48.5 Å². The van der Waals surface area contributed by atoms with Crippen LogP contribution in [0.3, 0.4) is 0 Å². The van der Waals surface area contributed by atoms with Crippen LogP contribution in [0.4, 0.5) is 0 Å². The highest BCUT2D eigenvalue weighted by molar-refractivity contribution is 6.00. The highest BCUT2D eigenvalue weighted by atomic mass is 16.4. The van der Waals surface area contributed by atoms with Crippen LogP contribution >= 0.6 is 0 Å². The summed E-state index contributed by atoms with van der Waals surface area (Å²) in [4.78, 5) is 212. The Morgan fingerprint density at radius 1 is 0.416 bits per heavy atom. The number of phenolic OH excluding ortho intramolecular Hbond substituents is 2. The van der Waals surface area contributed by atoms with E-state index in [0.717, 1.165) is 13.8 Å². The number of amides is 15. The van der Waals surface area contributed by atoms with Crippen LogP contribution in [0.5, 0.6) is 11.5 Å². The molecule has 0 spiro atoms. The standard InChI is InChI=1S/C62H94N16O23/c1-6-29(2)49(77-54(93)38(9-7-8-22-63)69-57(96)42(25-47(65)87)71-52(91)30(3)67-32(5)83)61(100)76-44(27-80)59(98)72-40(23-33-10-14-35(84)15-11-33)55(94)70-39(18-20-46(64)86)53(92)74-43(26-79)58(97)73-41(24-34-12-16-36(85)17-13-34)56(95)75-45(28-81)60(99)78-50(31(4)82)62(101)68-37(51(66)90)19-21-48(88)89/h10-17,29-31,37-45,49-50,79-82,84-85H,6-9,18-28,63H2,1-5H3,(H2,64,86)(H2,65,87)(H2,66,90)(H,67,83)(H,68,101)(H,69,96)(H,70,94)(H,71,91)(H,72,98)(H,73,97)(H,74,92)(H,75,95)(H,76,100)(H,77,93)(H,78,99)(H,88,89)/t29-,30-,31+,37-,38-,39-,40-,41-,42-,43-,44-,45-,49-,50-/m0/s1. The topological polar surface area (TPSA) is 663 Å². The Hall–Kier alpha value is -10.6. The third kappa shape index (κ3) is 31.0. The molecular formula is C62H94N16O23. The number of aliphatic carboxylic acids is 1. The monoisotopic (exact) mass is 1430 g/mol. The zero-order valence-corrected chi connectivity index (χ0v) is 56.3. The number of aromatic hydroxyl groups is 2. The third-order valence-corrected chi connectivity index (χ3v) is 15.4. The zero-order valence-electron chi connectivity index (χ0n) is 56.3. The van der Waals surface area contributed by atoms with Gasteiger partial charge in [0, 0.05) is 32.6 Å². The number of phenols is 2. The predicted octanol–water partition coefficient (Wildman–Crippen LogP) is -9.24. The van der Waals surface area contributed by atoms with Gasteiger partial charge in [-0.05, 0) is 93.8 Å². The lowest BCUT2D eigenvalue weighted by Gasteiger charge is -2.29. The van der Waals surface area contributed by atoms with Crippen molar-refractivity contribution in [3.63, 3.8) is 0 Å². The Morgan fingerprint density at radius 3 is 1.18 bits per heavy atom. The van der Waals surface area contributed by atoms with Gasteiger partial charge in [0.1, 0.15) is 84.0 Å². The molecule has 0 radical (unpaired) electrons. The van der Waals surface area contributed by atoms with Crippen molar-refractivity contribution in [2.24, 2.45) is 28.9 Å². The van der Waals surface area contributed by atoms with Crippen LogP contribution in [0, 0.1) is 5.92 Å². The molecular weight excluding hydrogens is 1340 g/mol.